The highest BCUT2D eigenvalue weighted by molar-refractivity contribution is 7.93. The summed E-state index contributed by atoms with van der Waals surface area (Å²) in [7, 11) is -7.93. The maximum absolute atomic E-state index is 12.7. The molecule has 2 rings (SSSR count). The summed E-state index contributed by atoms with van der Waals surface area (Å²) in [5, 5.41) is -0.444. The Morgan fingerprint density at radius 3 is 2.12 bits per heavy atom. The summed E-state index contributed by atoms with van der Waals surface area (Å²) in [5.74, 6) is 0. The van der Waals surface area contributed by atoms with Gasteiger partial charge in [-0.25, -0.2) is 16.8 Å². The zero-order valence-electron chi connectivity index (χ0n) is 13.4. The maximum atomic E-state index is 12.7. The fourth-order valence-electron chi connectivity index (χ4n) is 2.07. The maximum Gasteiger partial charge on any atom is 0.416 e. The number of sulfone groups is 1. The van der Waals surface area contributed by atoms with E-state index in [1.807, 2.05) is 0 Å². The molecular formula is C15H13ClF3NO4S2. The SMILES string of the molecule is Cc1ccc(S(C)(=O)=O)cc1S(=O)(=O)Nc1ccc(C(F)(F)F)cc1Cl. The van der Waals surface area contributed by atoms with E-state index >= 15 is 0 Å². The van der Waals surface area contributed by atoms with Gasteiger partial charge in [-0.1, -0.05) is 17.7 Å². The third kappa shape index (κ3) is 4.49. The number of benzene rings is 2. The molecule has 0 unspecified atom stereocenters. The van der Waals surface area contributed by atoms with E-state index in [9.17, 15) is 30.0 Å². The highest BCUT2D eigenvalue weighted by atomic mass is 35.5. The van der Waals surface area contributed by atoms with Crippen LogP contribution in [0, 0.1) is 6.92 Å². The second-order valence-corrected chi connectivity index (χ2v) is 9.57. The minimum absolute atomic E-state index is 0.206. The van der Waals surface area contributed by atoms with Crippen LogP contribution in [0.2, 0.25) is 5.02 Å². The fourth-order valence-corrected chi connectivity index (χ4v) is 4.43. The molecule has 0 radical (unpaired) electrons. The predicted molar refractivity (Wildman–Crippen MR) is 91.6 cm³/mol. The molecule has 5 nitrogen and oxygen atoms in total. The average Bonchev–Trinajstić information content (AvgIpc) is 2.47. The van der Waals surface area contributed by atoms with Gasteiger partial charge in [0.2, 0.25) is 0 Å². The minimum Gasteiger partial charge on any atom is -0.278 e. The number of anilines is 1. The van der Waals surface area contributed by atoms with Crippen molar-refractivity contribution in [2.45, 2.75) is 22.9 Å². The van der Waals surface area contributed by atoms with Crippen molar-refractivity contribution in [2.75, 3.05) is 11.0 Å². The Labute approximate surface area is 153 Å². The van der Waals surface area contributed by atoms with Gasteiger partial charge in [-0.2, -0.15) is 13.2 Å². The van der Waals surface area contributed by atoms with Crippen LogP contribution in [0.1, 0.15) is 11.1 Å². The molecule has 0 spiro atoms. The van der Waals surface area contributed by atoms with Gasteiger partial charge in [0.15, 0.2) is 9.84 Å². The lowest BCUT2D eigenvalue weighted by atomic mass is 10.2. The van der Waals surface area contributed by atoms with Gasteiger partial charge in [0.1, 0.15) is 0 Å². The van der Waals surface area contributed by atoms with Gasteiger partial charge in [0.25, 0.3) is 10.0 Å². The molecule has 0 fully saturated rings. The summed E-state index contributed by atoms with van der Waals surface area (Å²) in [4.78, 5) is -0.529. The number of rotatable bonds is 4. The van der Waals surface area contributed by atoms with Crippen LogP contribution in [0.3, 0.4) is 0 Å². The van der Waals surface area contributed by atoms with Gasteiger partial charge in [0.05, 0.1) is 26.1 Å². The standard InChI is InChI=1S/C15H13ClF3NO4S2/c1-9-3-5-11(25(2,21)22)8-14(9)26(23,24)20-13-6-4-10(7-12(13)16)15(17,18)19/h3-8,20H,1-2H3. The van der Waals surface area contributed by atoms with E-state index in [4.69, 9.17) is 11.6 Å². The van der Waals surface area contributed by atoms with E-state index in [1.54, 1.807) is 0 Å². The van der Waals surface area contributed by atoms with Gasteiger partial charge < -0.3 is 0 Å². The largest absolute Gasteiger partial charge is 0.416 e. The van der Waals surface area contributed by atoms with E-state index in [1.165, 1.54) is 19.1 Å². The number of hydrogen-bond donors (Lipinski definition) is 1. The van der Waals surface area contributed by atoms with Crippen LogP contribution in [-0.4, -0.2) is 23.1 Å². The molecule has 0 bridgehead atoms. The summed E-state index contributed by atoms with van der Waals surface area (Å²) in [5.41, 5.74) is -1.03. The van der Waals surface area contributed by atoms with Crippen LogP contribution >= 0.6 is 11.6 Å². The first-order chi connectivity index (χ1) is 11.7. The molecule has 0 aliphatic heterocycles. The van der Waals surface area contributed by atoms with E-state index in [0.29, 0.717) is 12.1 Å². The second kappa shape index (κ2) is 6.75. The van der Waals surface area contributed by atoms with E-state index in [-0.39, 0.29) is 21.0 Å². The topological polar surface area (TPSA) is 80.3 Å². The van der Waals surface area contributed by atoms with Crippen LogP contribution in [0.15, 0.2) is 46.2 Å². The molecule has 0 saturated heterocycles. The van der Waals surface area contributed by atoms with Gasteiger partial charge >= 0.3 is 6.18 Å². The summed E-state index contributed by atoms with van der Waals surface area (Å²) in [6.45, 7) is 1.45. The van der Waals surface area contributed by atoms with Crippen LogP contribution in [-0.2, 0) is 26.0 Å². The van der Waals surface area contributed by atoms with Crippen molar-refractivity contribution in [3.8, 4) is 0 Å². The Morgan fingerprint density at radius 1 is 1.00 bits per heavy atom. The predicted octanol–water partition coefficient (Wildman–Crippen LogP) is 3.87. The highest BCUT2D eigenvalue weighted by Crippen LogP contribution is 2.34. The zero-order valence-corrected chi connectivity index (χ0v) is 15.8. The van der Waals surface area contributed by atoms with Crippen molar-refractivity contribution >= 4 is 37.1 Å². The Bertz CT molecular complexity index is 1060. The quantitative estimate of drug-likeness (QED) is 0.803. The fraction of sp³-hybridized carbons (Fsp3) is 0.200. The zero-order chi connectivity index (χ0) is 19.9. The molecule has 11 heteroatoms. The van der Waals surface area contributed by atoms with Crippen molar-refractivity contribution < 1.29 is 30.0 Å². The van der Waals surface area contributed by atoms with E-state index < -0.39 is 36.6 Å². The van der Waals surface area contributed by atoms with Crippen molar-refractivity contribution in [3.63, 3.8) is 0 Å². The number of aryl methyl sites for hydroxylation is 1. The monoisotopic (exact) mass is 427 g/mol. The third-order valence-electron chi connectivity index (χ3n) is 3.42. The first kappa shape index (κ1) is 20.5. The smallest absolute Gasteiger partial charge is 0.278 e. The molecule has 1 N–H and O–H groups in total. The Hall–Kier alpha value is -1.78. The molecule has 0 heterocycles. The summed E-state index contributed by atoms with van der Waals surface area (Å²) in [6, 6.07) is 5.72. The first-order valence-electron chi connectivity index (χ1n) is 6.92. The lowest BCUT2D eigenvalue weighted by Gasteiger charge is -2.14. The second-order valence-electron chi connectivity index (χ2n) is 5.50. The van der Waals surface area contributed by atoms with Crippen LogP contribution in [0.25, 0.3) is 0 Å². The molecule has 0 saturated carbocycles. The molecule has 0 aliphatic carbocycles. The molecule has 26 heavy (non-hydrogen) atoms. The molecule has 142 valence electrons. The number of nitrogens with one attached hydrogen (secondary N) is 1. The molecule has 0 atom stereocenters. The number of halogens is 4. The minimum atomic E-state index is -4.62. The molecular weight excluding hydrogens is 415 g/mol. The summed E-state index contributed by atoms with van der Waals surface area (Å²) in [6.07, 6.45) is -3.70. The normalized spacial score (nSPS) is 12.8. The Morgan fingerprint density at radius 2 is 1.62 bits per heavy atom. The highest BCUT2D eigenvalue weighted by Gasteiger charge is 2.31. The third-order valence-corrected chi connectivity index (χ3v) is 6.35. The first-order valence-corrected chi connectivity index (χ1v) is 10.7. The Kier molecular flexibility index (Phi) is 5.33. The van der Waals surface area contributed by atoms with Gasteiger partial charge in [-0.15, -0.1) is 0 Å². The number of hydrogen-bond acceptors (Lipinski definition) is 4. The number of alkyl halides is 3. The van der Waals surface area contributed by atoms with Crippen LogP contribution in [0.4, 0.5) is 18.9 Å². The van der Waals surface area contributed by atoms with Crippen molar-refractivity contribution in [3.05, 3.63) is 52.5 Å². The molecule has 0 aromatic heterocycles. The van der Waals surface area contributed by atoms with Crippen molar-refractivity contribution in [1.29, 1.82) is 0 Å². The van der Waals surface area contributed by atoms with E-state index in [0.717, 1.165) is 18.4 Å². The molecule has 0 amide bonds. The van der Waals surface area contributed by atoms with Gasteiger partial charge in [-0.3, -0.25) is 4.72 Å². The van der Waals surface area contributed by atoms with Gasteiger partial charge in [-0.05, 0) is 42.8 Å². The Balaban J connectivity index is 2.47. The lowest BCUT2D eigenvalue weighted by Crippen LogP contribution is -2.16. The molecule has 2 aromatic carbocycles. The number of sulfonamides is 1. The lowest BCUT2D eigenvalue weighted by molar-refractivity contribution is -0.137. The average molecular weight is 428 g/mol. The van der Waals surface area contributed by atoms with Crippen molar-refractivity contribution in [1.82, 2.24) is 0 Å². The van der Waals surface area contributed by atoms with E-state index in [2.05, 4.69) is 4.72 Å². The van der Waals surface area contributed by atoms with Gasteiger partial charge in [0, 0.05) is 6.26 Å². The van der Waals surface area contributed by atoms with Crippen molar-refractivity contribution in [2.24, 2.45) is 0 Å². The summed E-state index contributed by atoms with van der Waals surface area (Å²) < 4.78 is 88.4. The molecule has 0 aliphatic rings. The molecule has 2 aromatic rings. The summed E-state index contributed by atoms with van der Waals surface area (Å²) >= 11 is 5.75. The van der Waals surface area contributed by atoms with Crippen LogP contribution in [0.5, 0.6) is 0 Å². The van der Waals surface area contributed by atoms with Crippen LogP contribution < -0.4 is 4.72 Å².